The third kappa shape index (κ3) is 3.43. The van der Waals surface area contributed by atoms with Crippen molar-refractivity contribution in [2.75, 3.05) is 0 Å². The summed E-state index contributed by atoms with van der Waals surface area (Å²) >= 11 is 0. The maximum atomic E-state index is 4.35. The van der Waals surface area contributed by atoms with Crippen LogP contribution in [-0.4, -0.2) is 19.6 Å². The zero-order chi connectivity index (χ0) is 13.0. The average Bonchev–Trinajstić information content (AvgIpc) is 2.88. The third-order valence-corrected chi connectivity index (χ3v) is 2.74. The van der Waals surface area contributed by atoms with Gasteiger partial charge in [-0.1, -0.05) is 13.8 Å². The predicted octanol–water partition coefficient (Wildman–Crippen LogP) is 1.56. The van der Waals surface area contributed by atoms with E-state index in [0.717, 1.165) is 19.6 Å². The molecule has 0 aliphatic carbocycles. The minimum absolute atomic E-state index is 0.613. The van der Waals surface area contributed by atoms with Gasteiger partial charge in [0.05, 0.1) is 11.9 Å². The molecule has 2 rings (SSSR count). The molecular weight excluding hydrogens is 226 g/mol. The second-order valence-corrected chi connectivity index (χ2v) is 5.02. The van der Waals surface area contributed by atoms with Gasteiger partial charge in [-0.3, -0.25) is 9.36 Å². The Morgan fingerprint density at radius 1 is 1.28 bits per heavy atom. The molecule has 0 fully saturated rings. The summed E-state index contributed by atoms with van der Waals surface area (Å²) in [5.41, 5.74) is 2.43. The minimum atomic E-state index is 0.613. The van der Waals surface area contributed by atoms with Crippen LogP contribution in [0.4, 0.5) is 0 Å². The van der Waals surface area contributed by atoms with Crippen molar-refractivity contribution in [1.82, 2.24) is 24.9 Å². The van der Waals surface area contributed by atoms with Gasteiger partial charge in [-0.05, 0) is 12.0 Å². The molecule has 0 bridgehead atoms. The van der Waals surface area contributed by atoms with Crippen molar-refractivity contribution >= 4 is 0 Å². The summed E-state index contributed by atoms with van der Waals surface area (Å²) in [7, 11) is 1.93. The summed E-state index contributed by atoms with van der Waals surface area (Å²) < 4.78 is 3.89. The fraction of sp³-hybridized carbons (Fsp3) is 0.538. The number of aryl methyl sites for hydroxylation is 1. The first-order valence-corrected chi connectivity index (χ1v) is 6.34. The first-order chi connectivity index (χ1) is 8.65. The second-order valence-electron chi connectivity index (χ2n) is 5.02. The van der Waals surface area contributed by atoms with E-state index in [2.05, 4.69) is 40.1 Å². The van der Waals surface area contributed by atoms with Gasteiger partial charge in [0.1, 0.15) is 0 Å². The summed E-state index contributed by atoms with van der Waals surface area (Å²) in [6.07, 6.45) is 5.78. The monoisotopic (exact) mass is 247 g/mol. The lowest BCUT2D eigenvalue weighted by atomic mass is 10.2. The molecule has 0 radical (unpaired) electrons. The molecular formula is C13H21N5. The van der Waals surface area contributed by atoms with Crippen molar-refractivity contribution in [3.8, 4) is 0 Å². The van der Waals surface area contributed by atoms with E-state index in [1.54, 1.807) is 0 Å². The van der Waals surface area contributed by atoms with E-state index in [4.69, 9.17) is 0 Å². The highest BCUT2D eigenvalue weighted by Crippen LogP contribution is 2.04. The number of nitrogens with one attached hydrogen (secondary N) is 1. The van der Waals surface area contributed by atoms with Gasteiger partial charge in [0, 0.05) is 44.6 Å². The summed E-state index contributed by atoms with van der Waals surface area (Å²) in [5.74, 6) is 0.613. The Bertz CT molecular complexity index is 483. The smallest absolute Gasteiger partial charge is 0.0534 e. The Hall–Kier alpha value is -1.62. The zero-order valence-electron chi connectivity index (χ0n) is 11.3. The molecule has 0 aliphatic rings. The Morgan fingerprint density at radius 3 is 2.78 bits per heavy atom. The largest absolute Gasteiger partial charge is 0.307 e. The van der Waals surface area contributed by atoms with Crippen LogP contribution in [0.2, 0.25) is 0 Å². The van der Waals surface area contributed by atoms with Crippen molar-refractivity contribution in [1.29, 1.82) is 0 Å². The molecule has 2 aromatic rings. The Balaban J connectivity index is 1.84. The Kier molecular flexibility index (Phi) is 4.15. The van der Waals surface area contributed by atoms with E-state index in [1.807, 2.05) is 30.3 Å². The molecule has 98 valence electrons. The van der Waals surface area contributed by atoms with E-state index < -0.39 is 0 Å². The lowest BCUT2D eigenvalue weighted by molar-refractivity contribution is 0.461. The molecule has 2 aromatic heterocycles. The van der Waals surface area contributed by atoms with Crippen LogP contribution in [0.15, 0.2) is 24.7 Å². The molecule has 0 atom stereocenters. The van der Waals surface area contributed by atoms with Gasteiger partial charge < -0.3 is 5.32 Å². The number of aromatic nitrogens is 4. The lowest BCUT2D eigenvalue weighted by Crippen LogP contribution is -2.17. The highest BCUT2D eigenvalue weighted by molar-refractivity contribution is 5.04. The van der Waals surface area contributed by atoms with Crippen LogP contribution < -0.4 is 5.32 Å². The molecule has 0 amide bonds. The van der Waals surface area contributed by atoms with Gasteiger partial charge in [0.25, 0.3) is 0 Å². The van der Waals surface area contributed by atoms with E-state index >= 15 is 0 Å². The highest BCUT2D eigenvalue weighted by atomic mass is 15.3. The van der Waals surface area contributed by atoms with Crippen LogP contribution in [-0.2, 0) is 26.7 Å². The van der Waals surface area contributed by atoms with Gasteiger partial charge in [-0.2, -0.15) is 10.2 Å². The molecule has 0 aromatic carbocycles. The zero-order valence-corrected chi connectivity index (χ0v) is 11.3. The quantitative estimate of drug-likeness (QED) is 0.842. The van der Waals surface area contributed by atoms with Crippen molar-refractivity contribution in [2.45, 2.75) is 33.5 Å². The van der Waals surface area contributed by atoms with E-state index in [-0.39, 0.29) is 0 Å². The lowest BCUT2D eigenvalue weighted by Gasteiger charge is -2.10. The standard InChI is InChI=1S/C13H21N5/c1-11(2)9-18-13(4-5-15-18)8-14-6-12-7-16-17(3)10-12/h4-5,7,10-11,14H,6,8-9H2,1-3H3. The molecule has 5 heteroatoms. The molecule has 0 saturated carbocycles. The SMILES string of the molecule is CC(C)Cn1nccc1CNCc1cnn(C)c1. The van der Waals surface area contributed by atoms with E-state index in [1.165, 1.54) is 11.3 Å². The van der Waals surface area contributed by atoms with Crippen LogP contribution in [0, 0.1) is 5.92 Å². The molecule has 0 saturated heterocycles. The van der Waals surface area contributed by atoms with Crippen molar-refractivity contribution in [2.24, 2.45) is 13.0 Å². The third-order valence-electron chi connectivity index (χ3n) is 2.74. The van der Waals surface area contributed by atoms with Crippen LogP contribution in [0.3, 0.4) is 0 Å². The van der Waals surface area contributed by atoms with Gasteiger partial charge in [-0.15, -0.1) is 0 Å². The average molecular weight is 247 g/mol. The Morgan fingerprint density at radius 2 is 2.11 bits per heavy atom. The molecule has 1 N–H and O–H groups in total. The number of hydrogen-bond donors (Lipinski definition) is 1. The minimum Gasteiger partial charge on any atom is -0.307 e. The van der Waals surface area contributed by atoms with Gasteiger partial charge in [-0.25, -0.2) is 0 Å². The summed E-state index contributed by atoms with van der Waals surface area (Å²) in [6, 6.07) is 2.07. The summed E-state index contributed by atoms with van der Waals surface area (Å²) in [6.45, 7) is 7.04. The van der Waals surface area contributed by atoms with E-state index in [0.29, 0.717) is 5.92 Å². The van der Waals surface area contributed by atoms with Crippen molar-refractivity contribution < 1.29 is 0 Å². The van der Waals surface area contributed by atoms with Gasteiger partial charge in [0.2, 0.25) is 0 Å². The van der Waals surface area contributed by atoms with Crippen molar-refractivity contribution in [3.63, 3.8) is 0 Å². The number of rotatable bonds is 6. The highest BCUT2D eigenvalue weighted by Gasteiger charge is 2.04. The first-order valence-electron chi connectivity index (χ1n) is 6.34. The fourth-order valence-electron chi connectivity index (χ4n) is 1.92. The molecule has 2 heterocycles. The fourth-order valence-corrected chi connectivity index (χ4v) is 1.92. The number of nitrogens with zero attached hydrogens (tertiary/aromatic N) is 4. The first kappa shape index (κ1) is 12.8. The normalized spacial score (nSPS) is 11.3. The van der Waals surface area contributed by atoms with E-state index in [9.17, 15) is 0 Å². The number of hydrogen-bond acceptors (Lipinski definition) is 3. The second kappa shape index (κ2) is 5.82. The van der Waals surface area contributed by atoms with Crippen molar-refractivity contribution in [3.05, 3.63) is 35.9 Å². The predicted molar refractivity (Wildman–Crippen MR) is 70.8 cm³/mol. The molecule has 5 nitrogen and oxygen atoms in total. The topological polar surface area (TPSA) is 47.7 Å². The molecule has 0 aliphatic heterocycles. The maximum absolute atomic E-state index is 4.35. The maximum Gasteiger partial charge on any atom is 0.0534 e. The van der Waals surface area contributed by atoms with Gasteiger partial charge in [0.15, 0.2) is 0 Å². The van der Waals surface area contributed by atoms with Crippen LogP contribution >= 0.6 is 0 Å². The molecule has 0 unspecified atom stereocenters. The van der Waals surface area contributed by atoms with Crippen LogP contribution in [0.5, 0.6) is 0 Å². The Labute approximate surface area is 108 Å². The van der Waals surface area contributed by atoms with Crippen LogP contribution in [0.25, 0.3) is 0 Å². The summed E-state index contributed by atoms with van der Waals surface area (Å²) in [5, 5.41) is 11.9. The van der Waals surface area contributed by atoms with Gasteiger partial charge >= 0.3 is 0 Å². The molecule has 0 spiro atoms. The van der Waals surface area contributed by atoms with Crippen LogP contribution in [0.1, 0.15) is 25.1 Å². The summed E-state index contributed by atoms with van der Waals surface area (Å²) in [4.78, 5) is 0. The molecule has 18 heavy (non-hydrogen) atoms.